The molecule has 29 heavy (non-hydrogen) atoms. The number of hydrogen-bond donors (Lipinski definition) is 3. The first-order chi connectivity index (χ1) is 13.8. The van der Waals surface area contributed by atoms with E-state index in [-0.39, 0.29) is 12.5 Å². The van der Waals surface area contributed by atoms with Crippen molar-refractivity contribution in [1.82, 2.24) is 4.90 Å². The van der Waals surface area contributed by atoms with Gasteiger partial charge in [-0.25, -0.2) is 4.99 Å². The maximum absolute atomic E-state index is 12.0. The van der Waals surface area contributed by atoms with Crippen LogP contribution in [0.2, 0.25) is 0 Å². The molecule has 0 atom stereocenters. The lowest BCUT2D eigenvalue weighted by molar-refractivity contribution is -0.116. The molecule has 162 valence electrons. The normalized spacial score (nSPS) is 10.1. The third-order valence-electron chi connectivity index (χ3n) is 4.14. The molecule has 0 spiro atoms. The zero-order valence-corrected chi connectivity index (χ0v) is 18.5. The lowest BCUT2D eigenvalue weighted by Crippen LogP contribution is -2.30. The molecule has 0 saturated heterocycles. The van der Waals surface area contributed by atoms with E-state index in [1.807, 2.05) is 32.0 Å². The van der Waals surface area contributed by atoms with Crippen molar-refractivity contribution in [1.29, 1.82) is 5.41 Å². The molecule has 0 aromatic heterocycles. The van der Waals surface area contributed by atoms with Crippen LogP contribution in [0.5, 0.6) is 0 Å². The van der Waals surface area contributed by atoms with Crippen molar-refractivity contribution in [2.24, 2.45) is 4.99 Å². The van der Waals surface area contributed by atoms with E-state index in [2.05, 4.69) is 40.8 Å². The number of anilines is 2. The molecule has 7 nitrogen and oxygen atoms in total. The number of aryl methyl sites for hydroxylation is 1. The number of aliphatic imine (C=N–C) groups is 1. The molecule has 1 amide bonds. The Morgan fingerprint density at radius 1 is 1.28 bits per heavy atom. The van der Waals surface area contributed by atoms with Gasteiger partial charge in [0.05, 0.1) is 11.4 Å². The van der Waals surface area contributed by atoms with Gasteiger partial charge in [0.2, 0.25) is 5.91 Å². The lowest BCUT2D eigenvalue weighted by atomic mass is 10.1. The number of likely N-dealkylation sites (N-methyl/N-ethyl adjacent to an activating group) is 2. The van der Waals surface area contributed by atoms with Crippen molar-refractivity contribution in [3.63, 3.8) is 0 Å². The number of hydrogen-bond acceptors (Lipinski definition) is 6. The summed E-state index contributed by atoms with van der Waals surface area (Å²) in [5.74, 6) is 0.651. The summed E-state index contributed by atoms with van der Waals surface area (Å²) in [4.78, 5) is 20.2. The fourth-order valence-electron chi connectivity index (χ4n) is 2.43. The second-order valence-electron chi connectivity index (χ2n) is 6.52. The third kappa shape index (κ3) is 10.4. The molecule has 1 aromatic carbocycles. The molecule has 1 rings (SSSR count). The zero-order valence-electron chi connectivity index (χ0n) is 18.5. The van der Waals surface area contributed by atoms with E-state index in [0.717, 1.165) is 43.5 Å². The molecule has 1 aromatic rings. The minimum absolute atomic E-state index is 0.0397. The fourth-order valence-corrected chi connectivity index (χ4v) is 2.43. The van der Waals surface area contributed by atoms with E-state index in [9.17, 15) is 4.79 Å². The first-order valence-electron chi connectivity index (χ1n) is 10.0. The largest absolute Gasteiger partial charge is 0.397 e. The van der Waals surface area contributed by atoms with E-state index >= 15 is 0 Å². The van der Waals surface area contributed by atoms with E-state index in [1.54, 1.807) is 6.92 Å². The molecule has 0 unspecified atom stereocenters. The zero-order chi connectivity index (χ0) is 22.2. The highest BCUT2D eigenvalue weighted by Crippen LogP contribution is 2.27. The van der Waals surface area contributed by atoms with E-state index in [0.29, 0.717) is 12.2 Å². The van der Waals surface area contributed by atoms with Gasteiger partial charge in [-0.2, -0.15) is 0 Å². The Hall–Kier alpha value is -2.67. The van der Waals surface area contributed by atoms with Gasteiger partial charge >= 0.3 is 0 Å². The number of amides is 1. The van der Waals surface area contributed by atoms with Crippen molar-refractivity contribution in [2.45, 2.75) is 40.0 Å². The SMILES string of the molecule is C=C(/N=C\C=N)N(C)CCN(C)c1cc(CC)ccc1NC(=O)CCC.CCO. The molecule has 0 aliphatic rings. The Balaban J connectivity index is 0.00000245. The lowest BCUT2D eigenvalue weighted by Gasteiger charge is -2.27. The highest BCUT2D eigenvalue weighted by molar-refractivity contribution is 6.14. The first-order valence-corrected chi connectivity index (χ1v) is 10.0. The predicted octanol–water partition coefficient (Wildman–Crippen LogP) is 3.55. The summed E-state index contributed by atoms with van der Waals surface area (Å²) in [7, 11) is 3.94. The number of carbonyl (C=O) groups is 1. The fraction of sp³-hybridized carbons (Fsp3) is 0.500. The summed E-state index contributed by atoms with van der Waals surface area (Å²) in [6, 6.07) is 6.16. The van der Waals surface area contributed by atoms with Gasteiger partial charge in [-0.3, -0.25) is 4.79 Å². The average Bonchev–Trinajstić information content (AvgIpc) is 2.70. The van der Waals surface area contributed by atoms with E-state index < -0.39 is 0 Å². The Labute approximate surface area is 175 Å². The second-order valence-corrected chi connectivity index (χ2v) is 6.52. The van der Waals surface area contributed by atoms with Crippen molar-refractivity contribution < 1.29 is 9.90 Å². The molecule has 0 bridgehead atoms. The highest BCUT2D eigenvalue weighted by atomic mass is 16.2. The minimum Gasteiger partial charge on any atom is -0.397 e. The predicted molar refractivity (Wildman–Crippen MR) is 124 cm³/mol. The third-order valence-corrected chi connectivity index (χ3v) is 4.14. The molecule has 0 saturated carbocycles. The molecular formula is C22H37N5O2. The summed E-state index contributed by atoms with van der Waals surface area (Å²) < 4.78 is 0. The molecule has 7 heteroatoms. The number of aliphatic hydroxyl groups excluding tert-OH is 1. The van der Waals surface area contributed by atoms with Crippen molar-refractivity contribution in [3.05, 3.63) is 36.2 Å². The molecule has 0 fully saturated rings. The summed E-state index contributed by atoms with van der Waals surface area (Å²) in [5.41, 5.74) is 3.08. The maximum Gasteiger partial charge on any atom is 0.224 e. The standard InChI is InChI=1S/C20H31N5O.C2H6O/c1-6-8-20(26)23-18-10-9-17(7-2)15-19(18)25(5)14-13-24(4)16(3)22-12-11-21;1-2-3/h9-12,15,21H,3,6-8,13-14H2,1-2,4-5H3,(H,23,26);3H,2H2,1H3/b21-11?,22-12-;. The number of benzene rings is 1. The molecule has 0 aliphatic carbocycles. The Morgan fingerprint density at radius 2 is 1.93 bits per heavy atom. The van der Waals surface area contributed by atoms with Crippen LogP contribution < -0.4 is 10.2 Å². The van der Waals surface area contributed by atoms with Crippen LogP contribution in [0.4, 0.5) is 11.4 Å². The van der Waals surface area contributed by atoms with Crippen LogP contribution >= 0.6 is 0 Å². The number of carbonyl (C=O) groups excluding carboxylic acids is 1. The summed E-state index contributed by atoms with van der Waals surface area (Å²) in [6.07, 6.45) is 4.83. The maximum atomic E-state index is 12.0. The highest BCUT2D eigenvalue weighted by Gasteiger charge is 2.12. The van der Waals surface area contributed by atoms with Gasteiger partial charge in [0, 0.05) is 52.6 Å². The van der Waals surface area contributed by atoms with Crippen molar-refractivity contribution in [3.8, 4) is 0 Å². The van der Waals surface area contributed by atoms with Crippen LogP contribution in [0.25, 0.3) is 0 Å². The number of nitrogens with one attached hydrogen (secondary N) is 2. The Morgan fingerprint density at radius 3 is 2.48 bits per heavy atom. The van der Waals surface area contributed by atoms with Gasteiger partial charge in [-0.05, 0) is 37.5 Å². The van der Waals surface area contributed by atoms with Gasteiger partial charge in [-0.15, -0.1) is 0 Å². The van der Waals surface area contributed by atoms with Crippen LogP contribution in [0.1, 0.15) is 39.2 Å². The van der Waals surface area contributed by atoms with Crippen LogP contribution in [-0.4, -0.2) is 62.1 Å². The minimum atomic E-state index is 0.0397. The van der Waals surface area contributed by atoms with Crippen LogP contribution in [0.3, 0.4) is 0 Å². The topological polar surface area (TPSA) is 92.0 Å². The second kappa shape index (κ2) is 15.3. The Kier molecular flexibility index (Phi) is 13.9. The molecular weight excluding hydrogens is 366 g/mol. The van der Waals surface area contributed by atoms with Gasteiger partial charge < -0.3 is 25.6 Å². The van der Waals surface area contributed by atoms with Crippen LogP contribution in [0.15, 0.2) is 35.6 Å². The summed E-state index contributed by atoms with van der Waals surface area (Å²) in [5, 5.41) is 17.6. The monoisotopic (exact) mass is 403 g/mol. The van der Waals surface area contributed by atoms with Gasteiger partial charge in [0.25, 0.3) is 0 Å². The average molecular weight is 404 g/mol. The quantitative estimate of drug-likeness (QED) is 0.493. The van der Waals surface area contributed by atoms with Gasteiger partial charge in [0.1, 0.15) is 5.82 Å². The number of aliphatic hydroxyl groups is 1. The van der Waals surface area contributed by atoms with Crippen LogP contribution in [0, 0.1) is 5.41 Å². The van der Waals surface area contributed by atoms with Crippen molar-refractivity contribution in [2.75, 3.05) is 44.0 Å². The number of nitrogens with zero attached hydrogens (tertiary/aromatic N) is 3. The molecule has 0 radical (unpaired) electrons. The summed E-state index contributed by atoms with van der Waals surface area (Å²) >= 11 is 0. The van der Waals surface area contributed by atoms with Crippen molar-refractivity contribution >= 4 is 29.7 Å². The Bertz CT molecular complexity index is 673. The van der Waals surface area contributed by atoms with E-state index in [4.69, 9.17) is 10.5 Å². The summed E-state index contributed by atoms with van der Waals surface area (Å²) in [6.45, 7) is 11.4. The smallest absolute Gasteiger partial charge is 0.224 e. The molecule has 0 aliphatic heterocycles. The van der Waals surface area contributed by atoms with E-state index in [1.165, 1.54) is 11.8 Å². The molecule has 0 heterocycles. The van der Waals surface area contributed by atoms with Gasteiger partial charge in [0.15, 0.2) is 0 Å². The molecule has 3 N–H and O–H groups in total. The number of rotatable bonds is 11. The van der Waals surface area contributed by atoms with Gasteiger partial charge in [-0.1, -0.05) is 26.5 Å². The first kappa shape index (κ1) is 26.3. The van der Waals surface area contributed by atoms with Crippen LogP contribution in [-0.2, 0) is 11.2 Å².